The predicted octanol–water partition coefficient (Wildman–Crippen LogP) is 2.08. The molecule has 0 spiro atoms. The highest BCUT2D eigenvalue weighted by Gasteiger charge is 2.28. The van der Waals surface area contributed by atoms with Crippen LogP contribution in [0, 0.1) is 12.7 Å². The average Bonchev–Trinajstić information content (AvgIpc) is 3.20. The van der Waals surface area contributed by atoms with Crippen LogP contribution in [0.2, 0.25) is 0 Å². The van der Waals surface area contributed by atoms with E-state index >= 15 is 0 Å². The predicted molar refractivity (Wildman–Crippen MR) is 79.9 cm³/mol. The molecule has 0 radical (unpaired) electrons. The SMILES string of the molecule is Cc1nnc(CNc2ccc(S(C)(=O)=O)cc2F)n1C1CC1. The van der Waals surface area contributed by atoms with Gasteiger partial charge in [0.1, 0.15) is 11.6 Å². The molecule has 3 rings (SSSR count). The van der Waals surface area contributed by atoms with Crippen molar-refractivity contribution in [2.75, 3.05) is 11.6 Å². The van der Waals surface area contributed by atoms with Gasteiger partial charge in [-0.05, 0) is 38.0 Å². The Hall–Kier alpha value is -1.96. The first-order chi connectivity index (χ1) is 10.4. The lowest BCUT2D eigenvalue weighted by Gasteiger charge is -2.10. The Kier molecular flexibility index (Phi) is 3.64. The summed E-state index contributed by atoms with van der Waals surface area (Å²) in [5, 5.41) is 11.1. The van der Waals surface area contributed by atoms with E-state index in [0.29, 0.717) is 12.6 Å². The molecule has 0 saturated heterocycles. The molecular formula is C14H17FN4O2S. The standard InChI is InChI=1S/C14H17FN4O2S/c1-9-17-18-14(19(9)10-3-4-10)8-16-13-6-5-11(7-12(13)15)22(2,20)21/h5-7,10,16H,3-4,8H2,1-2H3. The molecule has 1 fully saturated rings. The van der Waals surface area contributed by atoms with E-state index in [2.05, 4.69) is 20.1 Å². The molecule has 0 amide bonds. The van der Waals surface area contributed by atoms with Crippen molar-refractivity contribution in [3.63, 3.8) is 0 Å². The summed E-state index contributed by atoms with van der Waals surface area (Å²) in [4.78, 5) is -0.0347. The second-order valence-corrected chi connectivity index (χ2v) is 7.55. The van der Waals surface area contributed by atoms with Gasteiger partial charge in [-0.3, -0.25) is 0 Å². The number of halogens is 1. The van der Waals surface area contributed by atoms with Crippen LogP contribution in [-0.4, -0.2) is 29.4 Å². The van der Waals surface area contributed by atoms with E-state index in [-0.39, 0.29) is 10.6 Å². The van der Waals surface area contributed by atoms with Gasteiger partial charge in [-0.2, -0.15) is 0 Å². The fraction of sp³-hybridized carbons (Fsp3) is 0.429. The largest absolute Gasteiger partial charge is 0.375 e. The molecule has 2 aromatic rings. The number of aromatic nitrogens is 3. The molecule has 22 heavy (non-hydrogen) atoms. The summed E-state index contributed by atoms with van der Waals surface area (Å²) in [6.45, 7) is 2.24. The van der Waals surface area contributed by atoms with Crippen molar-refractivity contribution >= 4 is 15.5 Å². The highest BCUT2D eigenvalue weighted by atomic mass is 32.2. The van der Waals surface area contributed by atoms with Gasteiger partial charge in [0, 0.05) is 12.3 Å². The monoisotopic (exact) mass is 324 g/mol. The first-order valence-corrected chi connectivity index (χ1v) is 8.89. The second kappa shape index (κ2) is 5.35. The Bertz CT molecular complexity index is 812. The molecule has 8 heteroatoms. The van der Waals surface area contributed by atoms with E-state index in [4.69, 9.17) is 0 Å². The number of hydrogen-bond donors (Lipinski definition) is 1. The molecule has 0 atom stereocenters. The molecule has 1 aliphatic rings. The summed E-state index contributed by atoms with van der Waals surface area (Å²) in [6, 6.07) is 4.28. The van der Waals surface area contributed by atoms with Gasteiger partial charge in [-0.25, -0.2) is 12.8 Å². The molecule has 1 heterocycles. The maximum atomic E-state index is 14.0. The molecule has 6 nitrogen and oxygen atoms in total. The molecule has 1 aromatic heterocycles. The third kappa shape index (κ3) is 2.96. The molecular weight excluding hydrogens is 307 g/mol. The van der Waals surface area contributed by atoms with Crippen LogP contribution in [-0.2, 0) is 16.4 Å². The normalized spacial score (nSPS) is 15.0. The van der Waals surface area contributed by atoms with Gasteiger partial charge in [-0.1, -0.05) is 0 Å². The number of aryl methyl sites for hydroxylation is 1. The number of rotatable bonds is 5. The molecule has 1 saturated carbocycles. The van der Waals surface area contributed by atoms with Crippen LogP contribution in [0.4, 0.5) is 10.1 Å². The minimum absolute atomic E-state index is 0.0347. The average molecular weight is 324 g/mol. The maximum absolute atomic E-state index is 14.0. The van der Waals surface area contributed by atoms with Crippen molar-refractivity contribution < 1.29 is 12.8 Å². The van der Waals surface area contributed by atoms with Crippen LogP contribution in [0.5, 0.6) is 0 Å². The summed E-state index contributed by atoms with van der Waals surface area (Å²) in [7, 11) is -3.41. The van der Waals surface area contributed by atoms with Crippen molar-refractivity contribution in [1.82, 2.24) is 14.8 Å². The number of sulfone groups is 1. The lowest BCUT2D eigenvalue weighted by Crippen LogP contribution is -2.10. The van der Waals surface area contributed by atoms with E-state index in [1.54, 1.807) is 0 Å². The number of benzene rings is 1. The third-order valence-corrected chi connectivity index (χ3v) is 4.76. The van der Waals surface area contributed by atoms with Crippen molar-refractivity contribution in [2.45, 2.75) is 37.2 Å². The molecule has 0 bridgehead atoms. The van der Waals surface area contributed by atoms with Crippen molar-refractivity contribution in [2.24, 2.45) is 0 Å². The molecule has 1 aromatic carbocycles. The van der Waals surface area contributed by atoms with Crippen LogP contribution in [0.15, 0.2) is 23.1 Å². The van der Waals surface area contributed by atoms with Crippen LogP contribution < -0.4 is 5.32 Å². The zero-order valence-electron chi connectivity index (χ0n) is 12.4. The Labute approximate surface area is 128 Å². The van der Waals surface area contributed by atoms with E-state index in [1.165, 1.54) is 12.1 Å². The van der Waals surface area contributed by atoms with Gasteiger partial charge in [0.25, 0.3) is 0 Å². The first-order valence-electron chi connectivity index (χ1n) is 7.00. The Morgan fingerprint density at radius 2 is 2.09 bits per heavy atom. The zero-order chi connectivity index (χ0) is 15.9. The van der Waals surface area contributed by atoms with Crippen molar-refractivity contribution in [3.05, 3.63) is 35.7 Å². The Morgan fingerprint density at radius 1 is 1.36 bits per heavy atom. The van der Waals surface area contributed by atoms with Crippen LogP contribution in [0.25, 0.3) is 0 Å². The lowest BCUT2D eigenvalue weighted by atomic mass is 10.3. The van der Waals surface area contributed by atoms with Crippen LogP contribution in [0.3, 0.4) is 0 Å². The van der Waals surface area contributed by atoms with Gasteiger partial charge in [0.2, 0.25) is 0 Å². The topological polar surface area (TPSA) is 76.9 Å². The quantitative estimate of drug-likeness (QED) is 0.911. The van der Waals surface area contributed by atoms with E-state index < -0.39 is 15.7 Å². The smallest absolute Gasteiger partial charge is 0.175 e. The number of hydrogen-bond acceptors (Lipinski definition) is 5. The summed E-state index contributed by atoms with van der Waals surface area (Å²) < 4.78 is 38.8. The summed E-state index contributed by atoms with van der Waals surface area (Å²) in [6.07, 6.45) is 3.28. The minimum atomic E-state index is -3.41. The first kappa shape index (κ1) is 15.0. The second-order valence-electron chi connectivity index (χ2n) is 5.53. The summed E-state index contributed by atoms with van der Waals surface area (Å²) >= 11 is 0. The van der Waals surface area contributed by atoms with Crippen LogP contribution >= 0.6 is 0 Å². The molecule has 0 aliphatic heterocycles. The summed E-state index contributed by atoms with van der Waals surface area (Å²) in [5.74, 6) is 1.01. The van der Waals surface area contributed by atoms with Gasteiger partial charge in [-0.15, -0.1) is 10.2 Å². The Morgan fingerprint density at radius 3 is 2.68 bits per heavy atom. The van der Waals surface area contributed by atoms with Gasteiger partial charge in [0.15, 0.2) is 15.7 Å². The van der Waals surface area contributed by atoms with Gasteiger partial charge < -0.3 is 9.88 Å². The van der Waals surface area contributed by atoms with Crippen molar-refractivity contribution in [3.8, 4) is 0 Å². The molecule has 1 N–H and O–H groups in total. The van der Waals surface area contributed by atoms with Crippen molar-refractivity contribution in [1.29, 1.82) is 0 Å². The fourth-order valence-corrected chi connectivity index (χ4v) is 3.02. The number of nitrogens with one attached hydrogen (secondary N) is 1. The van der Waals surface area contributed by atoms with E-state index in [0.717, 1.165) is 36.8 Å². The highest BCUT2D eigenvalue weighted by Crippen LogP contribution is 2.36. The molecule has 0 unspecified atom stereocenters. The maximum Gasteiger partial charge on any atom is 0.175 e. The summed E-state index contributed by atoms with van der Waals surface area (Å²) in [5.41, 5.74) is 0.246. The number of nitrogens with zero attached hydrogens (tertiary/aromatic N) is 3. The zero-order valence-corrected chi connectivity index (χ0v) is 13.2. The van der Waals surface area contributed by atoms with E-state index in [9.17, 15) is 12.8 Å². The van der Waals surface area contributed by atoms with Gasteiger partial charge in [0.05, 0.1) is 17.1 Å². The van der Waals surface area contributed by atoms with Crippen LogP contribution in [0.1, 0.15) is 30.5 Å². The minimum Gasteiger partial charge on any atom is -0.375 e. The lowest BCUT2D eigenvalue weighted by molar-refractivity contribution is 0.596. The van der Waals surface area contributed by atoms with Gasteiger partial charge >= 0.3 is 0 Å². The third-order valence-electron chi connectivity index (χ3n) is 3.65. The molecule has 118 valence electrons. The number of anilines is 1. The molecule has 1 aliphatic carbocycles. The Balaban J connectivity index is 1.77. The fourth-order valence-electron chi connectivity index (χ4n) is 2.39. The van der Waals surface area contributed by atoms with E-state index in [1.807, 2.05) is 6.92 Å². The highest BCUT2D eigenvalue weighted by molar-refractivity contribution is 7.90.